The first-order valence-electron chi connectivity index (χ1n) is 9.18. The van der Waals surface area contributed by atoms with Crippen LogP contribution in [0.5, 0.6) is 0 Å². The second-order valence-electron chi connectivity index (χ2n) is 6.92. The van der Waals surface area contributed by atoms with Crippen molar-refractivity contribution in [2.45, 2.75) is 43.9 Å². The van der Waals surface area contributed by atoms with E-state index in [0.29, 0.717) is 32.1 Å². The molecule has 1 aliphatic heterocycles. The zero-order valence-corrected chi connectivity index (χ0v) is 15.3. The van der Waals surface area contributed by atoms with Crippen LogP contribution in [0.2, 0.25) is 0 Å². The number of hydrogen-bond donors (Lipinski definition) is 1. The third-order valence-corrected chi connectivity index (χ3v) is 5.18. The average molecular weight is 382 g/mol. The number of amides is 2. The molecule has 1 spiro atoms. The molecule has 1 atom stereocenters. The Morgan fingerprint density at radius 1 is 1.30 bits per heavy atom. The van der Waals surface area contributed by atoms with Crippen molar-refractivity contribution in [1.82, 2.24) is 10.2 Å². The molecule has 3 rings (SSSR count). The topological polar surface area (TPSA) is 67.9 Å². The molecular weight excluding hydrogens is 358 g/mol. The molecule has 1 heterocycles. The number of carbonyl (C=O) groups excluding carboxylic acids is 2. The Balaban J connectivity index is 1.90. The Hall–Kier alpha value is -2.06. The van der Waals surface area contributed by atoms with E-state index in [1.54, 1.807) is 0 Å². The van der Waals surface area contributed by atoms with Crippen LogP contribution >= 0.6 is 0 Å². The Kier molecular flexibility index (Phi) is 6.06. The van der Waals surface area contributed by atoms with Gasteiger partial charge in [0.25, 0.3) is 5.91 Å². The molecule has 0 unspecified atom stereocenters. The molecule has 0 radical (unpaired) electrons. The summed E-state index contributed by atoms with van der Waals surface area (Å²) in [6, 6.07) is 1.96. The van der Waals surface area contributed by atoms with Gasteiger partial charge in [0.2, 0.25) is 5.91 Å². The molecule has 6 nitrogen and oxygen atoms in total. The summed E-state index contributed by atoms with van der Waals surface area (Å²) < 4.78 is 38.4. The van der Waals surface area contributed by atoms with Crippen LogP contribution in [0.3, 0.4) is 0 Å². The van der Waals surface area contributed by atoms with E-state index < -0.39 is 29.3 Å². The van der Waals surface area contributed by atoms with Gasteiger partial charge < -0.3 is 14.8 Å². The number of carbonyl (C=O) groups is 2. The lowest BCUT2D eigenvalue weighted by molar-refractivity contribution is -0.127. The first-order valence-corrected chi connectivity index (χ1v) is 9.18. The highest BCUT2D eigenvalue weighted by atomic mass is 19.1. The summed E-state index contributed by atoms with van der Waals surface area (Å²) in [5, 5.41) is 2.72. The van der Waals surface area contributed by atoms with E-state index in [2.05, 4.69) is 5.32 Å². The molecule has 1 saturated heterocycles. The molecule has 27 heavy (non-hydrogen) atoms. The van der Waals surface area contributed by atoms with E-state index >= 15 is 0 Å². The third kappa shape index (κ3) is 3.96. The molecular formula is C19H24F2N2O4. The molecule has 0 bridgehead atoms. The minimum Gasteiger partial charge on any atom is -0.383 e. The summed E-state index contributed by atoms with van der Waals surface area (Å²) in [5.41, 5.74) is -1.18. The quantitative estimate of drug-likeness (QED) is 0.793. The standard InChI is InChI=1S/C19H24F2N2O4/c1-26-10-9-22-17(24)16-12-27-19(7-3-2-4-8-19)23(16)18(25)14-6-5-13(20)11-15(14)21/h5-6,11,16H,2-4,7-10,12H2,1H3,(H,22,24)/t16-/m1/s1. The molecule has 1 N–H and O–H groups in total. The van der Waals surface area contributed by atoms with Crippen LogP contribution in [-0.2, 0) is 14.3 Å². The molecule has 2 fully saturated rings. The fraction of sp³-hybridized carbons (Fsp3) is 0.579. The van der Waals surface area contributed by atoms with E-state index in [4.69, 9.17) is 9.47 Å². The molecule has 148 valence electrons. The second-order valence-corrected chi connectivity index (χ2v) is 6.92. The van der Waals surface area contributed by atoms with Crippen LogP contribution in [-0.4, -0.2) is 55.3 Å². The number of nitrogens with zero attached hydrogens (tertiary/aromatic N) is 1. The van der Waals surface area contributed by atoms with Crippen LogP contribution in [0.4, 0.5) is 8.78 Å². The minimum atomic E-state index is -0.948. The zero-order chi connectivity index (χ0) is 19.4. The molecule has 1 aromatic carbocycles. The number of nitrogens with one attached hydrogen (secondary N) is 1. The van der Waals surface area contributed by atoms with Crippen molar-refractivity contribution in [3.05, 3.63) is 35.4 Å². The van der Waals surface area contributed by atoms with Crippen molar-refractivity contribution >= 4 is 11.8 Å². The number of hydrogen-bond acceptors (Lipinski definition) is 4. The molecule has 2 aliphatic rings. The highest BCUT2D eigenvalue weighted by Gasteiger charge is 2.53. The van der Waals surface area contributed by atoms with Crippen LogP contribution in [0.1, 0.15) is 42.5 Å². The van der Waals surface area contributed by atoms with Crippen molar-refractivity contribution in [3.63, 3.8) is 0 Å². The maximum absolute atomic E-state index is 14.2. The van der Waals surface area contributed by atoms with Gasteiger partial charge in [0, 0.05) is 19.7 Å². The van der Waals surface area contributed by atoms with Crippen LogP contribution in [0, 0.1) is 11.6 Å². The van der Waals surface area contributed by atoms with Crippen LogP contribution in [0.15, 0.2) is 18.2 Å². The van der Waals surface area contributed by atoms with E-state index in [9.17, 15) is 18.4 Å². The predicted molar refractivity (Wildman–Crippen MR) is 93.0 cm³/mol. The second kappa shape index (κ2) is 8.31. The first kappa shape index (κ1) is 19.7. The third-order valence-electron chi connectivity index (χ3n) is 5.18. The monoisotopic (exact) mass is 382 g/mol. The van der Waals surface area contributed by atoms with E-state index in [-0.39, 0.29) is 18.1 Å². The summed E-state index contributed by atoms with van der Waals surface area (Å²) in [5.74, 6) is -2.73. The maximum Gasteiger partial charge on any atom is 0.259 e. The summed E-state index contributed by atoms with van der Waals surface area (Å²) in [6.45, 7) is 0.685. The van der Waals surface area contributed by atoms with Gasteiger partial charge in [-0.25, -0.2) is 8.78 Å². The van der Waals surface area contributed by atoms with Crippen molar-refractivity contribution in [1.29, 1.82) is 0 Å². The summed E-state index contributed by atoms with van der Waals surface area (Å²) in [7, 11) is 1.52. The van der Waals surface area contributed by atoms with Gasteiger partial charge in [-0.3, -0.25) is 14.5 Å². The molecule has 1 saturated carbocycles. The fourth-order valence-corrected chi connectivity index (χ4v) is 3.86. The highest BCUT2D eigenvalue weighted by molar-refractivity contribution is 5.98. The number of halogens is 2. The lowest BCUT2D eigenvalue weighted by atomic mass is 9.89. The Labute approximate surface area is 156 Å². The van der Waals surface area contributed by atoms with Gasteiger partial charge in [0.05, 0.1) is 18.8 Å². The van der Waals surface area contributed by atoms with Crippen LogP contribution in [0.25, 0.3) is 0 Å². The van der Waals surface area contributed by atoms with Gasteiger partial charge in [-0.05, 0) is 37.8 Å². The van der Waals surface area contributed by atoms with Gasteiger partial charge in [0.1, 0.15) is 23.4 Å². The van der Waals surface area contributed by atoms with Crippen molar-refractivity contribution in [2.24, 2.45) is 0 Å². The number of methoxy groups -OCH3 is 1. The zero-order valence-electron chi connectivity index (χ0n) is 15.3. The highest BCUT2D eigenvalue weighted by Crippen LogP contribution is 2.41. The van der Waals surface area contributed by atoms with Gasteiger partial charge in [0.15, 0.2) is 0 Å². The SMILES string of the molecule is COCCNC(=O)[C@H]1COC2(CCCCC2)N1C(=O)c1ccc(F)cc1F. The molecule has 8 heteroatoms. The summed E-state index contributed by atoms with van der Waals surface area (Å²) >= 11 is 0. The van der Waals surface area contributed by atoms with Crippen molar-refractivity contribution in [2.75, 3.05) is 26.9 Å². The fourth-order valence-electron chi connectivity index (χ4n) is 3.86. The van der Waals surface area contributed by atoms with Gasteiger partial charge in [-0.1, -0.05) is 6.42 Å². The van der Waals surface area contributed by atoms with Gasteiger partial charge in [-0.15, -0.1) is 0 Å². The number of ether oxygens (including phenoxy) is 2. The molecule has 1 aromatic rings. The van der Waals surface area contributed by atoms with Crippen molar-refractivity contribution < 1.29 is 27.8 Å². The molecule has 0 aromatic heterocycles. The Morgan fingerprint density at radius 2 is 2.04 bits per heavy atom. The summed E-state index contributed by atoms with van der Waals surface area (Å²) in [6.07, 6.45) is 3.90. The lowest BCUT2D eigenvalue weighted by Gasteiger charge is -2.41. The summed E-state index contributed by atoms with van der Waals surface area (Å²) in [4.78, 5) is 27.2. The molecule has 1 aliphatic carbocycles. The smallest absolute Gasteiger partial charge is 0.259 e. The predicted octanol–water partition coefficient (Wildman–Crippen LogP) is 2.23. The molecule has 2 amide bonds. The number of benzene rings is 1. The maximum atomic E-state index is 14.2. The normalized spacial score (nSPS) is 21.4. The lowest BCUT2D eigenvalue weighted by Crippen LogP contribution is -2.56. The van der Waals surface area contributed by atoms with E-state index in [0.717, 1.165) is 31.4 Å². The first-order chi connectivity index (χ1) is 13.0. The van der Waals surface area contributed by atoms with Gasteiger partial charge >= 0.3 is 0 Å². The largest absolute Gasteiger partial charge is 0.383 e. The van der Waals surface area contributed by atoms with Crippen molar-refractivity contribution in [3.8, 4) is 0 Å². The number of rotatable bonds is 5. The Bertz CT molecular complexity index is 707. The van der Waals surface area contributed by atoms with E-state index in [1.807, 2.05) is 0 Å². The Morgan fingerprint density at radius 3 is 2.70 bits per heavy atom. The minimum absolute atomic E-state index is 0.0490. The average Bonchev–Trinajstić information content (AvgIpc) is 3.00. The van der Waals surface area contributed by atoms with Gasteiger partial charge in [-0.2, -0.15) is 0 Å². The van der Waals surface area contributed by atoms with Crippen LogP contribution < -0.4 is 5.32 Å². The van der Waals surface area contributed by atoms with E-state index in [1.165, 1.54) is 12.0 Å².